The minimum absolute atomic E-state index is 0.677. The average Bonchev–Trinajstić information content (AvgIpc) is 3.62. The fraction of sp³-hybridized carbons (Fsp3) is 0.0455. The topological polar surface area (TPSA) is 34.1 Å². The lowest BCUT2D eigenvalue weighted by molar-refractivity contribution is 1.24. The van der Waals surface area contributed by atoms with Gasteiger partial charge in [0, 0.05) is 37.9 Å². The Hall–Kier alpha value is -6.26. The van der Waals surface area contributed by atoms with Crippen molar-refractivity contribution in [1.29, 1.82) is 0 Å². The maximum absolute atomic E-state index is 5.36. The Morgan fingerprint density at radius 1 is 0.500 bits per heavy atom. The monoisotopic (exact) mass is 614 g/mol. The van der Waals surface area contributed by atoms with Crippen LogP contribution in [0.5, 0.6) is 0 Å². The predicted octanol–water partition coefficient (Wildman–Crippen LogP) is 11.3. The molecule has 0 amide bonds. The smallest absolute Gasteiger partial charge is 0.161 e. The molecule has 0 unspecified atom stereocenters. The number of amidine groups is 1. The Morgan fingerprint density at radius 3 is 1.94 bits per heavy atom. The first kappa shape index (κ1) is 26.9. The number of aliphatic imine (C=N–C) groups is 2. The number of nitrogens with zero attached hydrogens (tertiary/aromatic N) is 4. The first-order valence-electron chi connectivity index (χ1n) is 16.5. The number of hydrogen-bond acceptors (Lipinski definition) is 1. The van der Waals surface area contributed by atoms with Crippen LogP contribution in [0, 0.1) is 0 Å². The number of rotatable bonds is 3. The molecule has 0 saturated heterocycles. The second-order valence-corrected chi connectivity index (χ2v) is 12.5. The highest BCUT2D eigenvalue weighted by Gasteiger charge is 2.24. The summed E-state index contributed by atoms with van der Waals surface area (Å²) in [6, 6.07) is 49.8. The van der Waals surface area contributed by atoms with Crippen molar-refractivity contribution in [3.8, 4) is 0 Å². The lowest BCUT2D eigenvalue weighted by Gasteiger charge is -2.12. The van der Waals surface area contributed by atoms with Gasteiger partial charge in [0.1, 0.15) is 5.84 Å². The summed E-state index contributed by atoms with van der Waals surface area (Å²) in [5.74, 6) is 1.54. The highest BCUT2D eigenvalue weighted by atomic mass is 15.1. The molecule has 7 aromatic carbocycles. The van der Waals surface area contributed by atoms with E-state index in [2.05, 4.69) is 125 Å². The Kier molecular flexibility index (Phi) is 5.67. The molecule has 4 heteroatoms. The number of allylic oxidation sites excluding steroid dienone is 1. The Bertz CT molecular complexity index is 2940. The summed E-state index contributed by atoms with van der Waals surface area (Å²) >= 11 is 0. The summed E-state index contributed by atoms with van der Waals surface area (Å²) in [5.41, 5.74) is 8.91. The van der Waals surface area contributed by atoms with Gasteiger partial charge in [0.05, 0.1) is 33.3 Å². The average molecular weight is 615 g/mol. The minimum Gasteiger partial charge on any atom is -0.308 e. The van der Waals surface area contributed by atoms with E-state index in [1.807, 2.05) is 43.3 Å². The van der Waals surface area contributed by atoms with Crippen molar-refractivity contribution in [3.05, 3.63) is 157 Å². The van der Waals surface area contributed by atoms with E-state index in [1.54, 1.807) is 0 Å². The van der Waals surface area contributed by atoms with Crippen molar-refractivity contribution in [2.45, 2.75) is 13.8 Å². The maximum Gasteiger partial charge on any atom is 0.161 e. The summed E-state index contributed by atoms with van der Waals surface area (Å²) < 4.78 is 4.84. The molecule has 3 heterocycles. The molecule has 0 aliphatic rings. The number of aromatic nitrogens is 2. The highest BCUT2D eigenvalue weighted by molar-refractivity contribution is 6.38. The van der Waals surface area contributed by atoms with E-state index in [0.717, 1.165) is 33.7 Å². The third-order valence-electron chi connectivity index (χ3n) is 9.96. The third kappa shape index (κ3) is 3.66. The SMILES string of the molecule is C/C=C(/N=C(N=C(C)n1c2ccc3ccc4cccc5c4c3c2c2c1ccc1c3ccccc3n5c12)c1ccccc1)c1ccccc1. The molecule has 10 rings (SSSR count). The molecule has 4 nitrogen and oxygen atoms in total. The zero-order valence-electron chi connectivity index (χ0n) is 26.6. The van der Waals surface area contributed by atoms with Crippen LogP contribution >= 0.6 is 0 Å². The van der Waals surface area contributed by atoms with Gasteiger partial charge in [0.25, 0.3) is 0 Å². The molecule has 48 heavy (non-hydrogen) atoms. The van der Waals surface area contributed by atoms with Crippen molar-refractivity contribution in [2.75, 3.05) is 0 Å². The molecule has 0 atom stereocenters. The molecular formula is C44H30N4. The highest BCUT2D eigenvalue weighted by Crippen LogP contribution is 2.46. The van der Waals surface area contributed by atoms with Gasteiger partial charge in [-0.25, -0.2) is 9.98 Å². The molecular weight excluding hydrogens is 585 g/mol. The first-order valence-corrected chi connectivity index (χ1v) is 16.5. The number of fused-ring (bicyclic) bond motifs is 4. The molecule has 0 bridgehead atoms. The quantitative estimate of drug-likeness (QED) is 0.108. The van der Waals surface area contributed by atoms with Crippen molar-refractivity contribution in [2.24, 2.45) is 9.98 Å². The molecule has 10 aromatic rings. The van der Waals surface area contributed by atoms with E-state index in [4.69, 9.17) is 9.98 Å². The van der Waals surface area contributed by atoms with Gasteiger partial charge in [-0.3, -0.25) is 4.57 Å². The van der Waals surface area contributed by atoms with Gasteiger partial charge in [-0.15, -0.1) is 0 Å². The zero-order valence-corrected chi connectivity index (χ0v) is 26.6. The Balaban J connectivity index is 1.35. The van der Waals surface area contributed by atoms with Gasteiger partial charge in [0.15, 0.2) is 5.84 Å². The van der Waals surface area contributed by atoms with E-state index < -0.39 is 0 Å². The van der Waals surface area contributed by atoms with Gasteiger partial charge in [0.2, 0.25) is 0 Å². The summed E-state index contributed by atoms with van der Waals surface area (Å²) in [7, 11) is 0. The van der Waals surface area contributed by atoms with Gasteiger partial charge < -0.3 is 4.40 Å². The van der Waals surface area contributed by atoms with E-state index in [0.29, 0.717) is 5.84 Å². The normalized spacial score (nSPS) is 13.6. The molecule has 0 saturated carbocycles. The lowest BCUT2D eigenvalue weighted by atomic mass is 9.97. The molecule has 0 fully saturated rings. The Labute approximate surface area is 276 Å². The van der Waals surface area contributed by atoms with Crippen molar-refractivity contribution >= 4 is 88.0 Å². The molecule has 0 aliphatic carbocycles. The number of benzene rings is 7. The number of para-hydroxylation sites is 1. The molecule has 0 N–H and O–H groups in total. The van der Waals surface area contributed by atoms with Crippen LogP contribution in [-0.4, -0.2) is 20.6 Å². The largest absolute Gasteiger partial charge is 0.308 e. The van der Waals surface area contributed by atoms with Crippen LogP contribution in [0.25, 0.3) is 76.4 Å². The second-order valence-electron chi connectivity index (χ2n) is 12.5. The van der Waals surface area contributed by atoms with Crippen LogP contribution in [0.3, 0.4) is 0 Å². The van der Waals surface area contributed by atoms with Gasteiger partial charge in [-0.05, 0) is 54.4 Å². The van der Waals surface area contributed by atoms with Crippen molar-refractivity contribution in [1.82, 2.24) is 8.97 Å². The van der Waals surface area contributed by atoms with Gasteiger partial charge >= 0.3 is 0 Å². The summed E-state index contributed by atoms with van der Waals surface area (Å²) in [4.78, 5) is 10.6. The lowest BCUT2D eigenvalue weighted by Crippen LogP contribution is -2.11. The van der Waals surface area contributed by atoms with Gasteiger partial charge in [-0.1, -0.05) is 121 Å². The number of hydrogen-bond donors (Lipinski definition) is 0. The van der Waals surface area contributed by atoms with E-state index in [-0.39, 0.29) is 0 Å². The summed E-state index contributed by atoms with van der Waals surface area (Å²) in [6.07, 6.45) is 2.06. The summed E-state index contributed by atoms with van der Waals surface area (Å²) in [5, 5.41) is 10.2. The van der Waals surface area contributed by atoms with Crippen LogP contribution in [0.4, 0.5) is 0 Å². The Morgan fingerprint density at radius 2 is 1.15 bits per heavy atom. The molecule has 226 valence electrons. The van der Waals surface area contributed by atoms with E-state index in [9.17, 15) is 0 Å². The van der Waals surface area contributed by atoms with Gasteiger partial charge in [-0.2, -0.15) is 0 Å². The maximum atomic E-state index is 5.36. The molecule has 0 radical (unpaired) electrons. The van der Waals surface area contributed by atoms with Crippen LogP contribution in [0.15, 0.2) is 156 Å². The fourth-order valence-electron chi connectivity index (χ4n) is 7.96. The van der Waals surface area contributed by atoms with Crippen LogP contribution in [0.1, 0.15) is 25.0 Å². The molecule has 3 aromatic heterocycles. The van der Waals surface area contributed by atoms with Crippen LogP contribution < -0.4 is 0 Å². The first-order chi connectivity index (χ1) is 23.7. The minimum atomic E-state index is 0.677. The summed E-state index contributed by atoms with van der Waals surface area (Å²) in [6.45, 7) is 4.14. The standard InChI is InChI=1S/C44H30N4/c1-3-34(28-13-6-4-7-14-28)46-44(31-15-8-5-9-16-31)45-27(2)47-37-25-23-30-22-21-29-17-12-20-36-39(29)40(30)41(37)42-38(47)26-24-33-32-18-10-11-19-35(32)48(36)43(33)42/h3-26H,1-2H3/b34-3+,45-27?,46-44?. The van der Waals surface area contributed by atoms with Crippen LogP contribution in [-0.2, 0) is 0 Å². The van der Waals surface area contributed by atoms with Crippen molar-refractivity contribution in [3.63, 3.8) is 0 Å². The fourth-order valence-corrected chi connectivity index (χ4v) is 7.96. The van der Waals surface area contributed by atoms with Crippen molar-refractivity contribution < 1.29 is 0 Å². The predicted molar refractivity (Wildman–Crippen MR) is 204 cm³/mol. The molecule has 0 aliphatic heterocycles. The van der Waals surface area contributed by atoms with E-state index in [1.165, 1.54) is 59.6 Å². The zero-order chi connectivity index (χ0) is 31.9. The third-order valence-corrected chi connectivity index (χ3v) is 9.96. The molecule has 0 spiro atoms. The second kappa shape index (κ2) is 10.1. The van der Waals surface area contributed by atoms with E-state index >= 15 is 0 Å². The van der Waals surface area contributed by atoms with Crippen LogP contribution in [0.2, 0.25) is 0 Å².